The maximum Gasteiger partial charge on any atom is 0.152 e. The first-order valence-corrected chi connectivity index (χ1v) is 13.8. The summed E-state index contributed by atoms with van der Waals surface area (Å²) in [6.07, 6.45) is 8.94. The Bertz CT molecular complexity index is 1470. The predicted molar refractivity (Wildman–Crippen MR) is 146 cm³/mol. The standard InChI is InChI=1S/C30H32N6O/c1-5-22(31-11-1)23-9-8-21(34-23)18-7-10-26-27(15-18)37-28-16-20(14-19-4-3-13-36(26)29(19)28)25-17-33-30(35-25)24-6-2-12-32-24/h7-10,14-17,22,24,31-32,34H,1-6,11-13H2,(H,33,35)/t22-,24-/m0/s1. The lowest BCUT2D eigenvalue weighted by Gasteiger charge is -2.37. The van der Waals surface area contributed by atoms with Gasteiger partial charge < -0.3 is 30.2 Å². The number of benzene rings is 2. The largest absolute Gasteiger partial charge is 0.453 e. The number of H-pyrrole nitrogens is 2. The number of ether oxygens (including phenoxy) is 1. The van der Waals surface area contributed by atoms with Gasteiger partial charge in [0.25, 0.3) is 0 Å². The lowest BCUT2D eigenvalue weighted by Crippen LogP contribution is -2.27. The van der Waals surface area contributed by atoms with Gasteiger partial charge in [-0.3, -0.25) is 0 Å². The normalized spacial score (nSPS) is 22.1. The molecule has 8 rings (SSSR count). The Morgan fingerprint density at radius 3 is 2.54 bits per heavy atom. The molecule has 0 saturated carbocycles. The summed E-state index contributed by atoms with van der Waals surface area (Å²) in [5.41, 5.74) is 9.50. The maximum absolute atomic E-state index is 6.65. The van der Waals surface area contributed by atoms with E-state index in [2.05, 4.69) is 68.0 Å². The van der Waals surface area contributed by atoms with E-state index in [9.17, 15) is 0 Å². The van der Waals surface area contributed by atoms with Crippen LogP contribution in [0.5, 0.6) is 11.5 Å². The van der Waals surface area contributed by atoms with E-state index in [0.717, 1.165) is 84.4 Å². The Kier molecular flexibility index (Phi) is 4.95. The van der Waals surface area contributed by atoms with Crippen LogP contribution in [0.1, 0.15) is 61.3 Å². The number of aromatic amines is 2. The van der Waals surface area contributed by atoms with Crippen LogP contribution in [0.4, 0.5) is 11.4 Å². The van der Waals surface area contributed by atoms with Crippen LogP contribution in [0.15, 0.2) is 48.7 Å². The lowest BCUT2D eigenvalue weighted by atomic mass is 9.95. The van der Waals surface area contributed by atoms with Gasteiger partial charge in [-0.2, -0.15) is 0 Å². The zero-order valence-corrected chi connectivity index (χ0v) is 20.9. The van der Waals surface area contributed by atoms with Crippen molar-refractivity contribution in [2.45, 2.75) is 50.6 Å². The highest BCUT2D eigenvalue weighted by molar-refractivity contribution is 5.85. The molecule has 2 aromatic carbocycles. The molecular weight excluding hydrogens is 460 g/mol. The summed E-state index contributed by atoms with van der Waals surface area (Å²) in [6, 6.07) is 16.3. The van der Waals surface area contributed by atoms with Gasteiger partial charge in [0.05, 0.1) is 29.3 Å². The number of hydrogen-bond donors (Lipinski definition) is 4. The molecule has 0 spiro atoms. The monoisotopic (exact) mass is 492 g/mol. The first kappa shape index (κ1) is 21.5. The van der Waals surface area contributed by atoms with Crippen LogP contribution >= 0.6 is 0 Å². The van der Waals surface area contributed by atoms with E-state index < -0.39 is 0 Å². The third-order valence-electron chi connectivity index (χ3n) is 8.47. The molecule has 0 aliphatic carbocycles. The molecule has 4 N–H and O–H groups in total. The average molecular weight is 493 g/mol. The number of aryl methyl sites for hydroxylation is 1. The number of nitrogens with one attached hydrogen (secondary N) is 4. The molecule has 4 aromatic rings. The first-order chi connectivity index (χ1) is 18.3. The first-order valence-electron chi connectivity index (χ1n) is 13.8. The third-order valence-corrected chi connectivity index (χ3v) is 8.47. The van der Waals surface area contributed by atoms with Crippen LogP contribution < -0.4 is 20.3 Å². The zero-order chi connectivity index (χ0) is 24.3. The fourth-order valence-corrected chi connectivity index (χ4v) is 6.59. The maximum atomic E-state index is 6.65. The zero-order valence-electron chi connectivity index (χ0n) is 20.9. The number of imidazole rings is 1. The Morgan fingerprint density at radius 1 is 0.811 bits per heavy atom. The van der Waals surface area contributed by atoms with Crippen molar-refractivity contribution in [3.05, 3.63) is 65.7 Å². The van der Waals surface area contributed by atoms with Crippen molar-refractivity contribution in [3.8, 4) is 34.0 Å². The molecule has 2 fully saturated rings. The van der Waals surface area contributed by atoms with E-state index in [1.807, 2.05) is 6.20 Å². The molecule has 0 unspecified atom stereocenters. The number of rotatable bonds is 4. The molecule has 7 nitrogen and oxygen atoms in total. The van der Waals surface area contributed by atoms with Gasteiger partial charge in [-0.05, 0) is 93.6 Å². The quantitative estimate of drug-likeness (QED) is 0.276. The van der Waals surface area contributed by atoms with Crippen molar-refractivity contribution in [1.82, 2.24) is 25.6 Å². The summed E-state index contributed by atoms with van der Waals surface area (Å²) < 4.78 is 6.65. The SMILES string of the molecule is c1cc2c(cc1-c1ccc([C@@H]3CCCN3)[nH]1)Oc1cc(-c3cnc([C@@H]4CCCN4)[nH]3)cc3c1N2CCC3. The molecule has 0 bridgehead atoms. The Morgan fingerprint density at radius 2 is 1.68 bits per heavy atom. The smallest absolute Gasteiger partial charge is 0.152 e. The van der Waals surface area contributed by atoms with E-state index in [-0.39, 0.29) is 0 Å². The Hall–Kier alpha value is -3.55. The molecule has 6 heterocycles. The number of fused-ring (bicyclic) bond motifs is 2. The molecule has 4 aliphatic heterocycles. The van der Waals surface area contributed by atoms with E-state index >= 15 is 0 Å². The summed E-state index contributed by atoms with van der Waals surface area (Å²) in [5.74, 6) is 2.90. The van der Waals surface area contributed by atoms with Crippen molar-refractivity contribution in [1.29, 1.82) is 0 Å². The Balaban J connectivity index is 1.14. The molecule has 4 aliphatic rings. The van der Waals surface area contributed by atoms with Gasteiger partial charge in [-0.25, -0.2) is 4.98 Å². The van der Waals surface area contributed by atoms with Gasteiger partial charge in [0.1, 0.15) is 5.82 Å². The summed E-state index contributed by atoms with van der Waals surface area (Å²) in [5, 5.41) is 7.13. The molecular formula is C30H32N6O. The third kappa shape index (κ3) is 3.60. The fraction of sp³-hybridized carbons (Fsp3) is 0.367. The van der Waals surface area contributed by atoms with Gasteiger partial charge in [0.15, 0.2) is 11.5 Å². The van der Waals surface area contributed by atoms with Crippen molar-refractivity contribution in [2.24, 2.45) is 0 Å². The van der Waals surface area contributed by atoms with Crippen LogP contribution in [-0.4, -0.2) is 34.6 Å². The molecule has 0 radical (unpaired) electrons. The number of anilines is 2. The second-order valence-electron chi connectivity index (χ2n) is 10.8. The second kappa shape index (κ2) is 8.50. The van der Waals surface area contributed by atoms with Gasteiger partial charge in [0, 0.05) is 35.1 Å². The number of hydrogen-bond acceptors (Lipinski definition) is 5. The van der Waals surface area contributed by atoms with Crippen LogP contribution in [0.2, 0.25) is 0 Å². The highest BCUT2D eigenvalue weighted by Crippen LogP contribution is 2.52. The molecule has 7 heteroatoms. The highest BCUT2D eigenvalue weighted by atomic mass is 16.5. The highest BCUT2D eigenvalue weighted by Gasteiger charge is 2.31. The van der Waals surface area contributed by atoms with E-state index in [0.29, 0.717) is 12.1 Å². The van der Waals surface area contributed by atoms with Crippen molar-refractivity contribution >= 4 is 11.4 Å². The van der Waals surface area contributed by atoms with Crippen LogP contribution in [-0.2, 0) is 6.42 Å². The molecule has 37 heavy (non-hydrogen) atoms. The molecule has 188 valence electrons. The minimum atomic E-state index is 0.333. The summed E-state index contributed by atoms with van der Waals surface area (Å²) >= 11 is 0. The van der Waals surface area contributed by atoms with Crippen LogP contribution in [0.25, 0.3) is 22.5 Å². The summed E-state index contributed by atoms with van der Waals surface area (Å²) in [4.78, 5) is 14.4. The topological polar surface area (TPSA) is 81.0 Å². The average Bonchev–Trinajstić information content (AvgIpc) is 3.75. The molecule has 0 amide bonds. The Labute approximate surface area is 216 Å². The van der Waals surface area contributed by atoms with E-state index in [1.54, 1.807) is 0 Å². The minimum Gasteiger partial charge on any atom is -0.453 e. The van der Waals surface area contributed by atoms with Crippen LogP contribution in [0, 0.1) is 0 Å². The fourth-order valence-electron chi connectivity index (χ4n) is 6.59. The van der Waals surface area contributed by atoms with Gasteiger partial charge in [0.2, 0.25) is 0 Å². The molecule has 2 saturated heterocycles. The van der Waals surface area contributed by atoms with Crippen molar-refractivity contribution in [3.63, 3.8) is 0 Å². The van der Waals surface area contributed by atoms with Gasteiger partial charge in [-0.15, -0.1) is 0 Å². The predicted octanol–water partition coefficient (Wildman–Crippen LogP) is 6.11. The second-order valence-corrected chi connectivity index (χ2v) is 10.8. The number of aromatic nitrogens is 3. The number of nitrogens with zero attached hydrogens (tertiary/aromatic N) is 2. The van der Waals surface area contributed by atoms with Gasteiger partial charge in [-0.1, -0.05) is 6.07 Å². The lowest BCUT2D eigenvalue weighted by molar-refractivity contribution is 0.469. The van der Waals surface area contributed by atoms with Crippen molar-refractivity contribution in [2.75, 3.05) is 24.5 Å². The van der Waals surface area contributed by atoms with Gasteiger partial charge >= 0.3 is 0 Å². The summed E-state index contributed by atoms with van der Waals surface area (Å²) in [6.45, 7) is 3.18. The molecule has 2 atom stereocenters. The van der Waals surface area contributed by atoms with Crippen LogP contribution in [0.3, 0.4) is 0 Å². The van der Waals surface area contributed by atoms with Crippen molar-refractivity contribution < 1.29 is 4.74 Å². The minimum absolute atomic E-state index is 0.333. The van der Waals surface area contributed by atoms with E-state index in [1.165, 1.54) is 36.2 Å². The van der Waals surface area contributed by atoms with E-state index in [4.69, 9.17) is 9.72 Å². The molecule has 2 aromatic heterocycles. The summed E-state index contributed by atoms with van der Waals surface area (Å²) in [7, 11) is 0.